The van der Waals surface area contributed by atoms with Crippen molar-refractivity contribution in [1.82, 2.24) is 4.90 Å². The Bertz CT molecular complexity index is 893. The Balaban J connectivity index is 1.65. The largest absolute Gasteiger partial charge is 0.483 e. The van der Waals surface area contributed by atoms with Gasteiger partial charge in [0.2, 0.25) is 0 Å². The van der Waals surface area contributed by atoms with E-state index in [-0.39, 0.29) is 24.1 Å². The molecule has 2 aromatic rings. The summed E-state index contributed by atoms with van der Waals surface area (Å²) in [5, 5.41) is 10.7. The highest BCUT2D eigenvalue weighted by Crippen LogP contribution is 2.22. The molecule has 0 aliphatic carbocycles. The molecule has 29 heavy (non-hydrogen) atoms. The summed E-state index contributed by atoms with van der Waals surface area (Å²) < 4.78 is 10.9. The van der Waals surface area contributed by atoms with Gasteiger partial charge in [-0.3, -0.25) is 19.7 Å². The van der Waals surface area contributed by atoms with Crippen molar-refractivity contribution in [3.63, 3.8) is 0 Å². The number of carbonyl (C=O) groups excluding carboxylic acids is 2. The van der Waals surface area contributed by atoms with Crippen LogP contribution in [0, 0.1) is 10.1 Å². The first-order valence-corrected chi connectivity index (χ1v) is 9.07. The van der Waals surface area contributed by atoms with Crippen LogP contribution in [0.4, 0.5) is 11.4 Å². The van der Waals surface area contributed by atoms with Gasteiger partial charge in [0.25, 0.3) is 17.5 Å². The first-order chi connectivity index (χ1) is 14.0. The molecule has 2 amide bonds. The summed E-state index contributed by atoms with van der Waals surface area (Å²) in [5.41, 5.74) is 0.837. The summed E-state index contributed by atoms with van der Waals surface area (Å²) >= 11 is 0. The van der Waals surface area contributed by atoms with Crippen molar-refractivity contribution in [2.24, 2.45) is 0 Å². The number of nitro groups is 1. The number of likely N-dealkylation sites (N-methyl/N-ethyl adjacent to an activating group) is 1. The second-order valence-corrected chi connectivity index (χ2v) is 6.42. The predicted octanol–water partition coefficient (Wildman–Crippen LogP) is 2.11. The molecule has 0 radical (unpaired) electrons. The van der Waals surface area contributed by atoms with Gasteiger partial charge < -0.3 is 19.3 Å². The number of para-hydroxylation sites is 1. The highest BCUT2D eigenvalue weighted by molar-refractivity contribution is 5.97. The van der Waals surface area contributed by atoms with Crippen molar-refractivity contribution in [2.75, 3.05) is 44.9 Å². The average molecular weight is 399 g/mol. The predicted molar refractivity (Wildman–Crippen MR) is 105 cm³/mol. The van der Waals surface area contributed by atoms with Gasteiger partial charge in [0, 0.05) is 38.0 Å². The average Bonchev–Trinajstić information content (AvgIpc) is 2.77. The van der Waals surface area contributed by atoms with Gasteiger partial charge in [0.15, 0.2) is 6.61 Å². The molecule has 1 aliphatic heterocycles. The fourth-order valence-corrected chi connectivity index (χ4v) is 2.88. The number of ether oxygens (including phenoxy) is 2. The zero-order valence-corrected chi connectivity index (χ0v) is 15.9. The zero-order valence-electron chi connectivity index (χ0n) is 15.9. The maximum atomic E-state index is 12.7. The van der Waals surface area contributed by atoms with Crippen LogP contribution in [-0.4, -0.2) is 61.6 Å². The number of rotatable bonds is 6. The van der Waals surface area contributed by atoms with Crippen LogP contribution in [0.15, 0.2) is 48.5 Å². The van der Waals surface area contributed by atoms with Crippen LogP contribution in [0.5, 0.6) is 5.75 Å². The maximum Gasteiger partial charge on any atom is 0.269 e. The van der Waals surface area contributed by atoms with Crippen molar-refractivity contribution in [1.29, 1.82) is 0 Å². The Morgan fingerprint density at radius 1 is 1.14 bits per heavy atom. The fraction of sp³-hybridized carbons (Fsp3) is 0.300. The first kappa shape index (κ1) is 20.3. The van der Waals surface area contributed by atoms with Crippen molar-refractivity contribution in [2.45, 2.75) is 0 Å². The minimum Gasteiger partial charge on any atom is -0.483 e. The molecule has 0 unspecified atom stereocenters. The number of non-ortho nitro benzene ring substituents is 1. The molecule has 2 aromatic carbocycles. The number of hydrogen-bond donors (Lipinski definition) is 0. The first-order valence-electron chi connectivity index (χ1n) is 9.07. The van der Waals surface area contributed by atoms with Crippen LogP contribution >= 0.6 is 0 Å². The van der Waals surface area contributed by atoms with Gasteiger partial charge in [-0.15, -0.1) is 0 Å². The summed E-state index contributed by atoms with van der Waals surface area (Å²) in [5.74, 6) is -0.193. The van der Waals surface area contributed by atoms with Crippen molar-refractivity contribution < 1.29 is 24.0 Å². The Labute approximate surface area is 167 Å². The zero-order chi connectivity index (χ0) is 20.8. The summed E-state index contributed by atoms with van der Waals surface area (Å²) in [6.07, 6.45) is 0. The minimum atomic E-state index is -0.503. The van der Waals surface area contributed by atoms with Crippen LogP contribution in [0.1, 0.15) is 10.4 Å². The quantitative estimate of drug-likeness (QED) is 0.545. The third-order valence-corrected chi connectivity index (χ3v) is 4.59. The number of nitro benzene ring substituents is 1. The van der Waals surface area contributed by atoms with E-state index in [4.69, 9.17) is 9.47 Å². The van der Waals surface area contributed by atoms with Gasteiger partial charge in [0.1, 0.15) is 5.75 Å². The molecule has 1 saturated heterocycles. The van der Waals surface area contributed by atoms with E-state index in [2.05, 4.69) is 0 Å². The molecule has 9 heteroatoms. The molecule has 0 atom stereocenters. The SMILES string of the molecule is CN(C(=O)COc1ccccc1C(=O)N1CCOCC1)c1ccc([N+](=O)[O-])cc1. The topological polar surface area (TPSA) is 102 Å². The second kappa shape index (κ2) is 9.16. The smallest absolute Gasteiger partial charge is 0.269 e. The number of morpholine rings is 1. The molecule has 9 nitrogen and oxygen atoms in total. The number of anilines is 1. The molecular formula is C20H21N3O6. The van der Waals surface area contributed by atoms with E-state index >= 15 is 0 Å². The van der Waals surface area contributed by atoms with Gasteiger partial charge in [-0.25, -0.2) is 0 Å². The highest BCUT2D eigenvalue weighted by Gasteiger charge is 2.22. The third kappa shape index (κ3) is 4.88. The Morgan fingerprint density at radius 3 is 2.45 bits per heavy atom. The van der Waals surface area contributed by atoms with Crippen LogP contribution in [-0.2, 0) is 9.53 Å². The standard InChI is InChI=1S/C20H21N3O6/c1-21(15-6-8-16(9-7-15)23(26)27)19(24)14-29-18-5-3-2-4-17(18)20(25)22-10-12-28-13-11-22/h2-9H,10-14H2,1H3. The lowest BCUT2D eigenvalue weighted by Crippen LogP contribution is -2.41. The van der Waals surface area contributed by atoms with Crippen molar-refractivity contribution in [3.05, 3.63) is 64.2 Å². The molecule has 0 saturated carbocycles. The van der Waals surface area contributed by atoms with Crippen LogP contribution in [0.25, 0.3) is 0 Å². The summed E-state index contributed by atoms with van der Waals surface area (Å²) in [6, 6.07) is 12.4. The van der Waals surface area contributed by atoms with Gasteiger partial charge >= 0.3 is 0 Å². The molecule has 0 spiro atoms. The third-order valence-electron chi connectivity index (χ3n) is 4.59. The molecule has 0 bridgehead atoms. The normalized spacial score (nSPS) is 13.6. The summed E-state index contributed by atoms with van der Waals surface area (Å²) in [4.78, 5) is 38.5. The number of amides is 2. The molecule has 152 valence electrons. The van der Waals surface area contributed by atoms with Crippen molar-refractivity contribution in [3.8, 4) is 5.75 Å². The molecule has 1 heterocycles. The number of carbonyl (C=O) groups is 2. The van der Waals surface area contributed by atoms with E-state index in [1.54, 1.807) is 36.2 Å². The van der Waals surface area contributed by atoms with Gasteiger partial charge in [-0.2, -0.15) is 0 Å². The van der Waals surface area contributed by atoms with E-state index in [1.807, 2.05) is 0 Å². The van der Waals surface area contributed by atoms with Crippen LogP contribution < -0.4 is 9.64 Å². The number of benzene rings is 2. The molecule has 0 aromatic heterocycles. The van der Waals surface area contributed by atoms with E-state index in [1.165, 1.54) is 29.2 Å². The lowest BCUT2D eigenvalue weighted by atomic mass is 10.1. The number of hydrogen-bond acceptors (Lipinski definition) is 6. The van der Waals surface area contributed by atoms with E-state index in [0.717, 1.165) is 0 Å². The molecular weight excluding hydrogens is 378 g/mol. The fourth-order valence-electron chi connectivity index (χ4n) is 2.88. The second-order valence-electron chi connectivity index (χ2n) is 6.42. The molecule has 1 fully saturated rings. The van der Waals surface area contributed by atoms with E-state index in [0.29, 0.717) is 43.3 Å². The lowest BCUT2D eigenvalue weighted by molar-refractivity contribution is -0.384. The Morgan fingerprint density at radius 2 is 1.79 bits per heavy atom. The van der Waals surface area contributed by atoms with Gasteiger partial charge in [0.05, 0.1) is 23.7 Å². The molecule has 1 aliphatic rings. The minimum absolute atomic E-state index is 0.0543. The van der Waals surface area contributed by atoms with Crippen LogP contribution in [0.3, 0.4) is 0 Å². The Kier molecular flexibility index (Phi) is 6.40. The van der Waals surface area contributed by atoms with E-state index < -0.39 is 4.92 Å². The van der Waals surface area contributed by atoms with Gasteiger partial charge in [-0.1, -0.05) is 12.1 Å². The van der Waals surface area contributed by atoms with Crippen LogP contribution in [0.2, 0.25) is 0 Å². The molecule has 0 N–H and O–H groups in total. The maximum absolute atomic E-state index is 12.7. The Hall–Kier alpha value is -3.46. The summed E-state index contributed by atoms with van der Waals surface area (Å²) in [6.45, 7) is 1.73. The number of nitrogens with zero attached hydrogens (tertiary/aromatic N) is 3. The monoisotopic (exact) mass is 399 g/mol. The summed E-state index contributed by atoms with van der Waals surface area (Å²) in [7, 11) is 1.55. The highest BCUT2D eigenvalue weighted by atomic mass is 16.6. The lowest BCUT2D eigenvalue weighted by Gasteiger charge is -2.27. The van der Waals surface area contributed by atoms with Gasteiger partial charge in [-0.05, 0) is 24.3 Å². The molecule has 3 rings (SSSR count). The van der Waals surface area contributed by atoms with Crippen molar-refractivity contribution >= 4 is 23.2 Å². The van der Waals surface area contributed by atoms with E-state index in [9.17, 15) is 19.7 Å².